The van der Waals surface area contributed by atoms with Crippen LogP contribution in [0.3, 0.4) is 0 Å². The van der Waals surface area contributed by atoms with E-state index in [1.165, 1.54) is 0 Å². The van der Waals surface area contributed by atoms with E-state index in [1.54, 1.807) is 24.3 Å². The summed E-state index contributed by atoms with van der Waals surface area (Å²) in [5.41, 5.74) is 3.44. The smallest absolute Gasteiger partial charge is 0.258 e. The predicted octanol–water partition coefficient (Wildman–Crippen LogP) is 4.18. The molecule has 3 aromatic carbocycles. The highest BCUT2D eigenvalue weighted by atomic mass is 16.5. The molecule has 5 heteroatoms. The summed E-state index contributed by atoms with van der Waals surface area (Å²) in [7, 11) is 0. The van der Waals surface area contributed by atoms with Crippen molar-refractivity contribution in [2.45, 2.75) is 19.9 Å². The first-order valence-corrected chi connectivity index (χ1v) is 9.43. The first-order valence-electron chi connectivity index (χ1n) is 9.43. The van der Waals surface area contributed by atoms with E-state index in [0.29, 0.717) is 17.0 Å². The maximum Gasteiger partial charge on any atom is 0.258 e. The van der Waals surface area contributed by atoms with Crippen LogP contribution in [0.4, 0.5) is 5.69 Å². The Morgan fingerprint density at radius 1 is 0.897 bits per heavy atom. The van der Waals surface area contributed by atoms with Gasteiger partial charge in [0.1, 0.15) is 11.8 Å². The van der Waals surface area contributed by atoms with Gasteiger partial charge in [-0.25, -0.2) is 0 Å². The number of hydrogen-bond donors (Lipinski definition) is 2. The van der Waals surface area contributed by atoms with E-state index < -0.39 is 6.04 Å². The third-order valence-corrected chi connectivity index (χ3v) is 4.43. The number of para-hydroxylation sites is 1. The molecule has 0 saturated carbocycles. The lowest BCUT2D eigenvalue weighted by Crippen LogP contribution is -2.39. The second-order valence-electron chi connectivity index (χ2n) is 6.82. The highest BCUT2D eigenvalue weighted by Gasteiger charge is 2.23. The van der Waals surface area contributed by atoms with Crippen molar-refractivity contribution in [3.8, 4) is 5.75 Å². The first kappa shape index (κ1) is 20.1. The van der Waals surface area contributed by atoms with Crippen molar-refractivity contribution in [3.05, 3.63) is 95.6 Å². The van der Waals surface area contributed by atoms with Gasteiger partial charge in [0.2, 0.25) is 0 Å². The second kappa shape index (κ2) is 9.55. The molecule has 148 valence electrons. The molecule has 3 rings (SSSR count). The number of hydrogen-bond acceptors (Lipinski definition) is 3. The Labute approximate surface area is 170 Å². The number of nitrogens with one attached hydrogen (secondary N) is 2. The summed E-state index contributed by atoms with van der Waals surface area (Å²) in [5.74, 6) is -0.0416. The number of amides is 2. The number of anilines is 1. The molecule has 0 spiro atoms. The molecular weight excluding hydrogens is 364 g/mol. The first-order chi connectivity index (χ1) is 14.0. The van der Waals surface area contributed by atoms with E-state index >= 15 is 0 Å². The number of carbonyl (C=O) groups excluding carboxylic acids is 2. The molecule has 0 aromatic heterocycles. The molecule has 2 amide bonds. The predicted molar refractivity (Wildman–Crippen MR) is 114 cm³/mol. The van der Waals surface area contributed by atoms with Crippen LogP contribution < -0.4 is 15.4 Å². The van der Waals surface area contributed by atoms with E-state index in [0.717, 1.165) is 11.1 Å². The molecule has 29 heavy (non-hydrogen) atoms. The van der Waals surface area contributed by atoms with Gasteiger partial charge in [-0.1, -0.05) is 66.2 Å². The SMILES string of the molecule is Cc1ccc(OCC(=O)NC(C(=O)Nc2ccccc2)c2ccccc2)c(C)c1. The average molecular weight is 388 g/mol. The van der Waals surface area contributed by atoms with Gasteiger partial charge < -0.3 is 15.4 Å². The van der Waals surface area contributed by atoms with E-state index in [4.69, 9.17) is 4.74 Å². The fourth-order valence-corrected chi connectivity index (χ4v) is 2.99. The van der Waals surface area contributed by atoms with Crippen molar-refractivity contribution >= 4 is 17.5 Å². The summed E-state index contributed by atoms with van der Waals surface area (Å²) in [4.78, 5) is 25.4. The lowest BCUT2D eigenvalue weighted by molar-refractivity contribution is -0.128. The maximum absolute atomic E-state index is 12.8. The van der Waals surface area contributed by atoms with E-state index in [9.17, 15) is 9.59 Å². The van der Waals surface area contributed by atoms with Crippen molar-refractivity contribution in [2.75, 3.05) is 11.9 Å². The quantitative estimate of drug-likeness (QED) is 0.638. The number of rotatable bonds is 7. The highest BCUT2D eigenvalue weighted by Crippen LogP contribution is 2.19. The minimum absolute atomic E-state index is 0.175. The van der Waals surface area contributed by atoms with Crippen LogP contribution in [0.1, 0.15) is 22.7 Å². The summed E-state index contributed by atoms with van der Waals surface area (Å²) >= 11 is 0. The Kier molecular flexibility index (Phi) is 6.63. The van der Waals surface area contributed by atoms with Crippen molar-refractivity contribution in [1.29, 1.82) is 0 Å². The summed E-state index contributed by atoms with van der Waals surface area (Å²) in [6.07, 6.45) is 0. The fraction of sp³-hybridized carbons (Fsp3) is 0.167. The van der Waals surface area contributed by atoms with Crippen molar-refractivity contribution in [1.82, 2.24) is 5.32 Å². The third kappa shape index (κ3) is 5.69. The fourth-order valence-electron chi connectivity index (χ4n) is 2.99. The van der Waals surface area contributed by atoms with Crippen LogP contribution in [-0.2, 0) is 9.59 Å². The van der Waals surface area contributed by atoms with E-state index in [2.05, 4.69) is 10.6 Å². The number of ether oxygens (including phenoxy) is 1. The summed E-state index contributed by atoms with van der Waals surface area (Å²) in [6.45, 7) is 3.76. The molecule has 5 nitrogen and oxygen atoms in total. The Morgan fingerprint density at radius 3 is 2.21 bits per heavy atom. The zero-order chi connectivity index (χ0) is 20.6. The summed E-state index contributed by atoms with van der Waals surface area (Å²) in [6, 6.07) is 23.2. The average Bonchev–Trinajstić information content (AvgIpc) is 2.72. The molecular formula is C24H24N2O3. The largest absolute Gasteiger partial charge is 0.484 e. The molecule has 0 radical (unpaired) electrons. The minimum Gasteiger partial charge on any atom is -0.484 e. The van der Waals surface area contributed by atoms with Gasteiger partial charge in [0.25, 0.3) is 11.8 Å². The number of aryl methyl sites for hydroxylation is 2. The Balaban J connectivity index is 1.69. The van der Waals surface area contributed by atoms with Gasteiger partial charge in [-0.05, 0) is 43.2 Å². The zero-order valence-corrected chi connectivity index (χ0v) is 16.5. The van der Waals surface area contributed by atoms with Crippen LogP contribution >= 0.6 is 0 Å². The van der Waals surface area contributed by atoms with Crippen molar-refractivity contribution in [3.63, 3.8) is 0 Å². The van der Waals surface area contributed by atoms with Gasteiger partial charge in [0, 0.05) is 5.69 Å². The standard InChI is InChI=1S/C24H24N2O3/c1-17-13-14-21(18(2)15-17)29-16-22(27)26-23(19-9-5-3-6-10-19)24(28)25-20-11-7-4-8-12-20/h3-15,23H,16H2,1-2H3,(H,25,28)(H,26,27). The topological polar surface area (TPSA) is 67.4 Å². The van der Waals surface area contributed by atoms with Crippen LogP contribution in [0.25, 0.3) is 0 Å². The molecule has 0 fully saturated rings. The Hall–Kier alpha value is -3.60. The minimum atomic E-state index is -0.827. The van der Waals surface area contributed by atoms with Crippen LogP contribution in [0.2, 0.25) is 0 Å². The second-order valence-corrected chi connectivity index (χ2v) is 6.82. The van der Waals surface area contributed by atoms with Crippen LogP contribution in [-0.4, -0.2) is 18.4 Å². The van der Waals surface area contributed by atoms with Gasteiger partial charge in [-0.3, -0.25) is 9.59 Å². The van der Waals surface area contributed by atoms with Crippen LogP contribution in [0, 0.1) is 13.8 Å². The molecule has 2 N–H and O–H groups in total. The normalized spacial score (nSPS) is 11.4. The van der Waals surface area contributed by atoms with Crippen LogP contribution in [0.5, 0.6) is 5.75 Å². The van der Waals surface area contributed by atoms with Gasteiger partial charge in [-0.15, -0.1) is 0 Å². The lowest BCUT2D eigenvalue weighted by Gasteiger charge is -2.19. The molecule has 0 saturated heterocycles. The third-order valence-electron chi connectivity index (χ3n) is 4.43. The van der Waals surface area contributed by atoms with Gasteiger partial charge in [-0.2, -0.15) is 0 Å². The molecule has 0 bridgehead atoms. The van der Waals surface area contributed by atoms with E-state index in [1.807, 2.05) is 68.4 Å². The molecule has 1 unspecified atom stereocenters. The monoisotopic (exact) mass is 388 g/mol. The van der Waals surface area contributed by atoms with E-state index in [-0.39, 0.29) is 18.4 Å². The van der Waals surface area contributed by atoms with Gasteiger partial charge in [0.15, 0.2) is 6.61 Å². The molecule has 0 aliphatic rings. The lowest BCUT2D eigenvalue weighted by atomic mass is 10.1. The molecule has 0 aliphatic carbocycles. The Morgan fingerprint density at radius 2 is 1.55 bits per heavy atom. The highest BCUT2D eigenvalue weighted by molar-refractivity contribution is 5.98. The zero-order valence-electron chi connectivity index (χ0n) is 16.5. The van der Waals surface area contributed by atoms with Gasteiger partial charge >= 0.3 is 0 Å². The number of benzene rings is 3. The maximum atomic E-state index is 12.8. The van der Waals surface area contributed by atoms with Crippen molar-refractivity contribution < 1.29 is 14.3 Å². The van der Waals surface area contributed by atoms with Gasteiger partial charge in [0.05, 0.1) is 0 Å². The molecule has 3 aromatic rings. The van der Waals surface area contributed by atoms with Crippen LogP contribution in [0.15, 0.2) is 78.9 Å². The van der Waals surface area contributed by atoms with Crippen molar-refractivity contribution in [2.24, 2.45) is 0 Å². The Bertz CT molecular complexity index is 972. The molecule has 0 aliphatic heterocycles. The summed E-state index contributed by atoms with van der Waals surface area (Å²) in [5, 5.41) is 5.62. The summed E-state index contributed by atoms with van der Waals surface area (Å²) < 4.78 is 5.64. The molecule has 0 heterocycles. The molecule has 1 atom stereocenters. The number of carbonyl (C=O) groups is 2.